The lowest BCUT2D eigenvalue weighted by atomic mass is 10.0. The highest BCUT2D eigenvalue weighted by Crippen LogP contribution is 2.15. The normalized spacial score (nSPS) is 21.4. The molecule has 2 heteroatoms. The van der Waals surface area contributed by atoms with Crippen LogP contribution in [0.4, 0.5) is 0 Å². The number of rotatable bonds is 8. The van der Waals surface area contributed by atoms with Crippen LogP contribution in [0.3, 0.4) is 0 Å². The van der Waals surface area contributed by atoms with E-state index in [4.69, 9.17) is 4.74 Å². The molecule has 15 heavy (non-hydrogen) atoms. The van der Waals surface area contributed by atoms with Gasteiger partial charge in [0.15, 0.2) is 0 Å². The predicted molar refractivity (Wildman–Crippen MR) is 65.1 cm³/mol. The Bertz CT molecular complexity index is 137. The van der Waals surface area contributed by atoms with Crippen LogP contribution >= 0.6 is 0 Å². The maximum absolute atomic E-state index is 5.38. The Morgan fingerprint density at radius 2 is 2.00 bits per heavy atom. The quantitative estimate of drug-likeness (QED) is 0.669. The lowest BCUT2D eigenvalue weighted by molar-refractivity contribution is 0.184. The molecular formula is C13H27NO. The summed E-state index contributed by atoms with van der Waals surface area (Å²) in [6, 6.07) is 0.752. The van der Waals surface area contributed by atoms with E-state index in [1.54, 1.807) is 0 Å². The van der Waals surface area contributed by atoms with Gasteiger partial charge in [-0.2, -0.15) is 0 Å². The van der Waals surface area contributed by atoms with E-state index in [0.717, 1.165) is 25.2 Å². The summed E-state index contributed by atoms with van der Waals surface area (Å²) in [5, 5.41) is 3.69. The Balaban J connectivity index is 2.04. The smallest absolute Gasteiger partial charge is 0.0495 e. The van der Waals surface area contributed by atoms with E-state index in [0.29, 0.717) is 0 Å². The summed E-state index contributed by atoms with van der Waals surface area (Å²) in [5.41, 5.74) is 0. The average molecular weight is 213 g/mol. The largest absolute Gasteiger partial charge is 0.381 e. The van der Waals surface area contributed by atoms with Crippen LogP contribution in [0.15, 0.2) is 0 Å². The van der Waals surface area contributed by atoms with Crippen LogP contribution in [0.2, 0.25) is 0 Å². The number of ether oxygens (including phenoxy) is 1. The highest BCUT2D eigenvalue weighted by Gasteiger charge is 2.15. The molecule has 1 N–H and O–H groups in total. The Hall–Kier alpha value is -0.0800. The van der Waals surface area contributed by atoms with Crippen molar-refractivity contribution in [1.29, 1.82) is 0 Å². The summed E-state index contributed by atoms with van der Waals surface area (Å²) in [7, 11) is 0. The highest BCUT2D eigenvalue weighted by atomic mass is 16.5. The van der Waals surface area contributed by atoms with Gasteiger partial charge in [-0.15, -0.1) is 0 Å². The van der Waals surface area contributed by atoms with Crippen LogP contribution < -0.4 is 5.32 Å². The minimum atomic E-state index is 0.752. The fourth-order valence-electron chi connectivity index (χ4n) is 2.35. The second kappa shape index (κ2) is 8.12. The van der Waals surface area contributed by atoms with E-state index in [1.165, 1.54) is 45.1 Å². The first-order valence-corrected chi connectivity index (χ1v) is 6.68. The highest BCUT2D eigenvalue weighted by molar-refractivity contribution is 4.69. The van der Waals surface area contributed by atoms with Crippen LogP contribution in [0.25, 0.3) is 0 Å². The molecule has 0 aliphatic carbocycles. The van der Waals surface area contributed by atoms with Gasteiger partial charge in [0.2, 0.25) is 0 Å². The molecule has 1 atom stereocenters. The molecule has 1 unspecified atom stereocenters. The zero-order valence-electron chi connectivity index (χ0n) is 10.4. The van der Waals surface area contributed by atoms with Crippen molar-refractivity contribution >= 4 is 0 Å². The SMILES string of the molecule is CCCC(CCC)NCCC1CCOC1. The van der Waals surface area contributed by atoms with Crippen molar-refractivity contribution in [3.8, 4) is 0 Å². The summed E-state index contributed by atoms with van der Waals surface area (Å²) in [6.45, 7) is 7.70. The van der Waals surface area contributed by atoms with Crippen molar-refractivity contribution in [3.05, 3.63) is 0 Å². The molecule has 1 aliphatic heterocycles. The molecule has 1 saturated heterocycles. The number of hydrogen-bond acceptors (Lipinski definition) is 2. The van der Waals surface area contributed by atoms with E-state index < -0.39 is 0 Å². The first-order valence-electron chi connectivity index (χ1n) is 6.68. The van der Waals surface area contributed by atoms with Gasteiger partial charge in [-0.1, -0.05) is 26.7 Å². The first-order chi connectivity index (χ1) is 7.36. The molecule has 0 spiro atoms. The lowest BCUT2D eigenvalue weighted by Crippen LogP contribution is -2.30. The van der Waals surface area contributed by atoms with Gasteiger partial charge in [-0.3, -0.25) is 0 Å². The minimum Gasteiger partial charge on any atom is -0.381 e. The van der Waals surface area contributed by atoms with Gasteiger partial charge in [0.05, 0.1) is 0 Å². The van der Waals surface area contributed by atoms with E-state index >= 15 is 0 Å². The van der Waals surface area contributed by atoms with Gasteiger partial charge in [0.1, 0.15) is 0 Å². The molecule has 90 valence electrons. The predicted octanol–water partition coefficient (Wildman–Crippen LogP) is 2.97. The van der Waals surface area contributed by atoms with Crippen molar-refractivity contribution in [2.24, 2.45) is 5.92 Å². The van der Waals surface area contributed by atoms with Crippen molar-refractivity contribution in [1.82, 2.24) is 5.32 Å². The summed E-state index contributed by atoms with van der Waals surface area (Å²) in [4.78, 5) is 0. The molecule has 0 aromatic carbocycles. The second-order valence-corrected chi connectivity index (χ2v) is 4.75. The van der Waals surface area contributed by atoms with E-state index in [9.17, 15) is 0 Å². The molecular weight excluding hydrogens is 186 g/mol. The second-order valence-electron chi connectivity index (χ2n) is 4.75. The van der Waals surface area contributed by atoms with Crippen LogP contribution in [0.1, 0.15) is 52.4 Å². The van der Waals surface area contributed by atoms with Crippen LogP contribution in [-0.4, -0.2) is 25.8 Å². The van der Waals surface area contributed by atoms with Crippen LogP contribution in [0.5, 0.6) is 0 Å². The maximum atomic E-state index is 5.38. The molecule has 0 bridgehead atoms. The van der Waals surface area contributed by atoms with Gasteiger partial charge in [-0.25, -0.2) is 0 Å². The summed E-state index contributed by atoms with van der Waals surface area (Å²) >= 11 is 0. The lowest BCUT2D eigenvalue weighted by Gasteiger charge is -2.18. The monoisotopic (exact) mass is 213 g/mol. The topological polar surface area (TPSA) is 21.3 Å². The fraction of sp³-hybridized carbons (Fsp3) is 1.00. The van der Waals surface area contributed by atoms with Crippen molar-refractivity contribution in [3.63, 3.8) is 0 Å². The van der Waals surface area contributed by atoms with E-state index in [2.05, 4.69) is 19.2 Å². The fourth-order valence-corrected chi connectivity index (χ4v) is 2.35. The first kappa shape index (κ1) is 13.0. The van der Waals surface area contributed by atoms with Gasteiger partial charge < -0.3 is 10.1 Å². The molecule has 0 radical (unpaired) electrons. The molecule has 1 aliphatic rings. The molecule has 1 fully saturated rings. The summed E-state index contributed by atoms with van der Waals surface area (Å²) in [5.74, 6) is 0.821. The standard InChI is InChI=1S/C13H27NO/c1-3-5-13(6-4-2)14-9-7-12-8-10-15-11-12/h12-14H,3-11H2,1-2H3. The minimum absolute atomic E-state index is 0.752. The summed E-state index contributed by atoms with van der Waals surface area (Å²) < 4.78 is 5.38. The third kappa shape index (κ3) is 5.53. The molecule has 0 aromatic heterocycles. The van der Waals surface area contributed by atoms with Crippen LogP contribution in [0, 0.1) is 5.92 Å². The average Bonchev–Trinajstić information content (AvgIpc) is 2.71. The number of nitrogens with one attached hydrogen (secondary N) is 1. The molecule has 2 nitrogen and oxygen atoms in total. The van der Waals surface area contributed by atoms with Gasteiger partial charge >= 0.3 is 0 Å². The molecule has 1 rings (SSSR count). The summed E-state index contributed by atoms with van der Waals surface area (Å²) in [6.07, 6.45) is 7.82. The molecule has 0 saturated carbocycles. The Kier molecular flexibility index (Phi) is 7.03. The van der Waals surface area contributed by atoms with Gasteiger partial charge in [-0.05, 0) is 38.1 Å². The maximum Gasteiger partial charge on any atom is 0.0495 e. The molecule has 0 amide bonds. The molecule has 1 heterocycles. The van der Waals surface area contributed by atoms with Crippen molar-refractivity contribution in [2.75, 3.05) is 19.8 Å². The van der Waals surface area contributed by atoms with Crippen molar-refractivity contribution in [2.45, 2.75) is 58.4 Å². The van der Waals surface area contributed by atoms with Gasteiger partial charge in [0.25, 0.3) is 0 Å². The van der Waals surface area contributed by atoms with Crippen LogP contribution in [-0.2, 0) is 4.74 Å². The zero-order chi connectivity index (χ0) is 10.9. The Morgan fingerprint density at radius 1 is 1.27 bits per heavy atom. The number of hydrogen-bond donors (Lipinski definition) is 1. The van der Waals surface area contributed by atoms with E-state index in [1.807, 2.05) is 0 Å². The van der Waals surface area contributed by atoms with E-state index in [-0.39, 0.29) is 0 Å². The Morgan fingerprint density at radius 3 is 2.53 bits per heavy atom. The zero-order valence-corrected chi connectivity index (χ0v) is 10.4. The third-order valence-electron chi connectivity index (χ3n) is 3.28. The molecule has 0 aromatic rings. The van der Waals surface area contributed by atoms with Gasteiger partial charge in [0, 0.05) is 19.3 Å². The Labute approximate surface area is 94.8 Å². The van der Waals surface area contributed by atoms with Crippen molar-refractivity contribution < 1.29 is 4.74 Å². The third-order valence-corrected chi connectivity index (χ3v) is 3.28.